The number of ether oxygens (including phenoxy) is 8. The number of hydrogen-bond donors (Lipinski definition) is 5. The topological polar surface area (TPSA) is 488 Å². The molecule has 6 heterocycles. The van der Waals surface area contributed by atoms with Crippen LogP contribution in [0.5, 0.6) is 28.7 Å². The number of carboxylic acids is 2. The molecule has 1 radical (unpaired) electrons. The number of nitrogens with one attached hydrogen (secondary N) is 1. The predicted molar refractivity (Wildman–Crippen MR) is 488 cm³/mol. The van der Waals surface area contributed by atoms with E-state index in [9.17, 15) is 82.4 Å². The molecule has 4 N–H and O–H groups in total. The second kappa shape index (κ2) is 49.0. The molecule has 0 fully saturated rings. The van der Waals surface area contributed by atoms with Crippen molar-refractivity contribution in [2.24, 2.45) is 14.3 Å². The number of hydrogen-bond acceptors (Lipinski definition) is 32. The number of phenols is 1. The number of carbonyl (C=O) groups excluding carboxylic acids is 7. The second-order valence-electron chi connectivity index (χ2n) is 27.6. The van der Waals surface area contributed by atoms with Crippen molar-refractivity contribution in [3.63, 3.8) is 0 Å². The fourth-order valence-electron chi connectivity index (χ4n) is 12.3. The normalized spacial score (nSPS) is 11.7. The molecule has 1 unspecified atom stereocenters. The van der Waals surface area contributed by atoms with Gasteiger partial charge in [0.15, 0.2) is 12.8 Å². The predicted octanol–water partition coefficient (Wildman–Crippen LogP) is 13.6. The van der Waals surface area contributed by atoms with Gasteiger partial charge >= 0.3 is 101 Å². The molecule has 0 saturated carbocycles. The number of carboxylic acid groups (broad SMARTS) is 2. The molecule has 1 amide bonds. The third-order valence-electron chi connectivity index (χ3n) is 18.2. The molecule has 8 aromatic carbocycles. The van der Waals surface area contributed by atoms with Crippen LogP contribution in [0.4, 0.5) is 0 Å². The van der Waals surface area contributed by atoms with Gasteiger partial charge in [0.25, 0.3) is 11.1 Å². The molecular weight excluding hydrogens is 1790 g/mol. The van der Waals surface area contributed by atoms with Crippen LogP contribution in [0.2, 0.25) is 0 Å². The van der Waals surface area contributed by atoms with E-state index in [1.54, 1.807) is 80.6 Å². The molecule has 0 bridgehead atoms. The zero-order valence-electron chi connectivity index (χ0n) is 69.4. The van der Waals surface area contributed by atoms with E-state index in [1.165, 1.54) is 81.4 Å². The van der Waals surface area contributed by atoms with E-state index in [0.717, 1.165) is 74.5 Å². The quantitative estimate of drug-likeness (QED) is 0.00408. The van der Waals surface area contributed by atoms with Gasteiger partial charge in [0.2, 0.25) is 5.91 Å². The fourth-order valence-corrected chi connectivity index (χ4v) is 12.8. The Morgan fingerprint density at radius 3 is 1.27 bits per heavy atom. The number of rotatable bonds is 25. The van der Waals surface area contributed by atoms with Crippen LogP contribution in [0.1, 0.15) is 94.0 Å². The number of amides is 1. The van der Waals surface area contributed by atoms with Crippen molar-refractivity contribution in [1.29, 1.82) is 0 Å². The summed E-state index contributed by atoms with van der Waals surface area (Å²) in [7, 11) is 4.34. The van der Waals surface area contributed by atoms with Gasteiger partial charge in [0, 0.05) is 139 Å². The number of aromatic hydroxyl groups is 1. The summed E-state index contributed by atoms with van der Waals surface area (Å²) in [6, 6.07) is 56.5. The SMILES string of the molecule is C.C.CC(=O)Oc1cc2oc(=O)ccc2cc1C.CC(=O)Oc1cc2oc(=O)ccc2cc1CBr.CCOC(=O)C(Cc1cc2ccc(=O)oc2cc1OC(C)=O)(N=COCc1ccccc1)C(=O)OCC.O=C(Cc1ccccc1)NC1Cc2cc3ccc(=O)oc3cc2OC1=O.O=C(O)C(Cc1cc2ccc(=O)oc2cc1O)(N=COCc1ccccc1)C(=O)O.[B]=NS. The first kappa shape index (κ1) is 103. The van der Waals surface area contributed by atoms with Crippen molar-refractivity contribution >= 4 is 158 Å². The summed E-state index contributed by atoms with van der Waals surface area (Å²) in [5.41, 5.74) is -0.815. The Kier molecular flexibility index (Phi) is 38.3. The van der Waals surface area contributed by atoms with Crippen LogP contribution in [0, 0.1) is 6.92 Å². The van der Waals surface area contributed by atoms with Crippen molar-refractivity contribution in [1.82, 2.24) is 5.32 Å². The number of alkyl halides is 1. The summed E-state index contributed by atoms with van der Waals surface area (Å²) in [5, 5.41) is 35.9. The van der Waals surface area contributed by atoms with Crippen LogP contribution in [0.25, 0.3) is 54.8 Å². The van der Waals surface area contributed by atoms with Crippen LogP contribution >= 0.6 is 28.7 Å². The van der Waals surface area contributed by atoms with E-state index in [0.29, 0.717) is 56.5 Å². The first-order chi connectivity index (χ1) is 61.7. The van der Waals surface area contributed by atoms with Crippen LogP contribution in [0.3, 0.4) is 0 Å². The molecule has 34 nitrogen and oxygen atoms in total. The van der Waals surface area contributed by atoms with E-state index >= 15 is 0 Å². The average Bonchev–Trinajstić information content (AvgIpc) is 1.16. The number of fused-ring (bicyclic) bond motifs is 6. The van der Waals surface area contributed by atoms with E-state index in [-0.39, 0.29) is 81.7 Å². The number of nitrogens with zero attached hydrogens (tertiary/aromatic N) is 3. The van der Waals surface area contributed by atoms with E-state index in [2.05, 4.69) is 56.0 Å². The molecule has 5 aromatic heterocycles. The minimum absolute atomic E-state index is 0. The van der Waals surface area contributed by atoms with Gasteiger partial charge in [-0.1, -0.05) is 122 Å². The van der Waals surface area contributed by atoms with Gasteiger partial charge in [-0.15, -0.1) is 0 Å². The Balaban J connectivity index is 0.000000228. The van der Waals surface area contributed by atoms with E-state index in [1.807, 2.05) is 79.7 Å². The number of carbonyl (C=O) groups is 9. The maximum absolute atomic E-state index is 13.2. The van der Waals surface area contributed by atoms with Crippen molar-refractivity contribution < 1.29 is 118 Å². The summed E-state index contributed by atoms with van der Waals surface area (Å²) in [4.78, 5) is 173. The summed E-state index contributed by atoms with van der Waals surface area (Å²) in [6.07, 6.45) is 1.25. The van der Waals surface area contributed by atoms with Gasteiger partial charge < -0.3 is 80.6 Å². The number of aliphatic imine (C=N–C) groups is 2. The summed E-state index contributed by atoms with van der Waals surface area (Å²) < 4.78 is 69.7. The summed E-state index contributed by atoms with van der Waals surface area (Å²) >= 11 is 6.51. The molecular formula is C94H87BBrN4O30S. The van der Waals surface area contributed by atoms with Gasteiger partial charge in [-0.2, -0.15) is 0 Å². The molecule has 14 rings (SSSR count). The maximum atomic E-state index is 13.2. The number of aliphatic carboxylic acids is 2. The Labute approximate surface area is 760 Å². The van der Waals surface area contributed by atoms with Crippen LogP contribution in [-0.4, -0.2) is 120 Å². The molecule has 1 aliphatic heterocycles. The number of esters is 6. The molecule has 13 aromatic rings. The number of thiol groups is 1. The molecule has 37 heteroatoms. The molecule has 1 atom stereocenters. The number of halogens is 1. The monoisotopic (exact) mass is 1870 g/mol. The Morgan fingerprint density at radius 1 is 0.489 bits per heavy atom. The molecule has 0 saturated heterocycles. The standard InChI is InChI=1S/C27H27NO9.C21H17NO8.C20H15NO5.C12H9BrO4.C12H10O4.2CH4.BHNS/c1-4-34-25(31)27(26(32)35-5-2,28-17-33-16-19-9-7-6-8-10-19)15-21-13-20-11-12-24(30)37-22(20)14-23(21)36-18(3)29;23-16-9-17-14(6-7-18(24)30-17)8-15(16)10-21(19(25)26,20(27)28)22-12-29-11-13-4-2-1-3-5-13;22-18(8-12-4-2-1-3-5-12)21-15-10-14-9-13-6-7-19(23)25-16(13)11-17(14)26-20(15)24;1-7(14)16-11-5-10-8(4-9(11)6-13)2-3-12(15)17-10;1-7-5-9-3-4-12(14)16-11(9)6-10(7)15-8(2)13;;;1-2-3/h6-14,17H,4-5,15-16H2,1-3H3;1-9,12,23H,10-11H2,(H,25,26)(H,27,28);1-7,9,11,15H,8,10H2,(H,21,22);2-5H,6H2,1H3;3-6H,1-2H3;2*1H4;3H. The van der Waals surface area contributed by atoms with E-state index < -0.39 is 112 Å². The first-order valence-electron chi connectivity index (χ1n) is 38.7. The zero-order valence-corrected chi connectivity index (χ0v) is 71.9. The van der Waals surface area contributed by atoms with Crippen LogP contribution in [0.15, 0.2) is 273 Å². The van der Waals surface area contributed by atoms with Crippen LogP contribution in [-0.2, 0) is 106 Å². The molecule has 679 valence electrons. The van der Waals surface area contributed by atoms with E-state index in [4.69, 9.17) is 60.0 Å². The van der Waals surface area contributed by atoms with Gasteiger partial charge in [0.05, 0.1) is 19.6 Å². The zero-order chi connectivity index (χ0) is 93.5. The van der Waals surface area contributed by atoms with Gasteiger partial charge in [-0.25, -0.2) is 57.9 Å². The van der Waals surface area contributed by atoms with Crippen molar-refractivity contribution in [3.05, 3.63) is 309 Å². The van der Waals surface area contributed by atoms with Crippen LogP contribution < -0.4 is 52.4 Å². The second-order valence-corrected chi connectivity index (χ2v) is 28.4. The average molecular weight is 1880 g/mol. The third kappa shape index (κ3) is 29.0. The number of phenolic OH excluding ortho intramolecular Hbond substituents is 1. The molecule has 131 heavy (non-hydrogen) atoms. The Hall–Kier alpha value is -15.5. The molecule has 0 spiro atoms. The summed E-state index contributed by atoms with van der Waals surface area (Å²) in [6.45, 7) is 8.99. The fraction of sp³-hybridized carbons (Fsp3) is 0.213. The summed E-state index contributed by atoms with van der Waals surface area (Å²) in [5.74, 6) is -6.93. The number of aryl methyl sites for hydroxylation is 1. The number of benzene rings is 8. The van der Waals surface area contributed by atoms with Crippen molar-refractivity contribution in [2.45, 2.75) is 118 Å². The third-order valence-corrected chi connectivity index (χ3v) is 18.8. The van der Waals surface area contributed by atoms with Gasteiger partial charge in [0.1, 0.15) is 75.9 Å². The molecule has 0 aliphatic carbocycles. The molecule has 1 aliphatic rings. The Morgan fingerprint density at radius 2 is 0.847 bits per heavy atom. The van der Waals surface area contributed by atoms with Crippen molar-refractivity contribution in [2.75, 3.05) is 13.2 Å². The Bertz CT molecular complexity index is 6660. The first-order valence-corrected chi connectivity index (χ1v) is 40.2. The minimum atomic E-state index is -2.63. The van der Waals surface area contributed by atoms with Crippen molar-refractivity contribution in [3.8, 4) is 28.7 Å². The van der Waals surface area contributed by atoms with Gasteiger partial charge in [-0.05, 0) is 120 Å². The van der Waals surface area contributed by atoms with Gasteiger partial charge in [-0.3, -0.25) is 19.2 Å².